The van der Waals surface area contributed by atoms with Gasteiger partial charge in [-0.2, -0.15) is 0 Å². The summed E-state index contributed by atoms with van der Waals surface area (Å²) in [6, 6.07) is 13.3. The van der Waals surface area contributed by atoms with Gasteiger partial charge in [0, 0.05) is 39.2 Å². The van der Waals surface area contributed by atoms with Crippen LogP contribution in [0, 0.1) is 23.1 Å². The number of benzene rings is 2. The summed E-state index contributed by atoms with van der Waals surface area (Å²) < 4.78 is 0. The number of nitrogens with zero attached hydrogens (tertiary/aromatic N) is 3. The van der Waals surface area contributed by atoms with Crippen molar-refractivity contribution in [2.45, 2.75) is 13.8 Å². The zero-order chi connectivity index (χ0) is 21.0. The van der Waals surface area contributed by atoms with Crippen molar-refractivity contribution in [1.29, 1.82) is 0 Å². The van der Waals surface area contributed by atoms with E-state index in [9.17, 15) is 19.7 Å². The lowest BCUT2D eigenvalue weighted by Gasteiger charge is -2.33. The van der Waals surface area contributed by atoms with Gasteiger partial charge in [-0.15, -0.1) is 0 Å². The van der Waals surface area contributed by atoms with Crippen molar-refractivity contribution in [3.8, 4) is 11.1 Å². The third-order valence-electron chi connectivity index (χ3n) is 4.97. The summed E-state index contributed by atoms with van der Waals surface area (Å²) in [5.41, 5.74) is 2.63. The highest BCUT2D eigenvalue weighted by molar-refractivity contribution is 5.94. The minimum atomic E-state index is -0.463. The average molecular weight is 392 g/mol. The molecule has 0 unspecified atom stereocenters. The monoisotopic (exact) mass is 392 g/mol. The summed E-state index contributed by atoms with van der Waals surface area (Å²) in [5.74, 6) is -0.179. The summed E-state index contributed by atoms with van der Waals surface area (Å²) in [6.07, 6.45) is 3.04. The standard InChI is InChI=1S/C22H22N3O4/c1-16-6-8-19(9-7-16)22-18(4-3-5-20(22)25(28)29)10-11-21(27)24-14-12-23(13-15-24)17(2)26/h3-4,6-11H,12-15H2,1-2H3/b11-10+. The highest BCUT2D eigenvalue weighted by Gasteiger charge is 2.22. The molecule has 1 aliphatic rings. The molecule has 149 valence electrons. The van der Waals surface area contributed by atoms with Gasteiger partial charge in [0.1, 0.15) is 0 Å². The first-order valence-corrected chi connectivity index (χ1v) is 9.35. The molecular weight excluding hydrogens is 370 g/mol. The van der Waals surface area contributed by atoms with Crippen LogP contribution in [0.1, 0.15) is 18.1 Å². The Kier molecular flexibility index (Phi) is 6.07. The Morgan fingerprint density at radius 3 is 2.28 bits per heavy atom. The van der Waals surface area contributed by atoms with Crippen LogP contribution in [0.5, 0.6) is 0 Å². The van der Waals surface area contributed by atoms with Gasteiger partial charge in [-0.25, -0.2) is 0 Å². The van der Waals surface area contributed by atoms with Crippen molar-refractivity contribution >= 4 is 23.6 Å². The van der Waals surface area contributed by atoms with E-state index in [-0.39, 0.29) is 17.5 Å². The number of carbonyl (C=O) groups is 2. The third kappa shape index (κ3) is 4.68. The molecule has 29 heavy (non-hydrogen) atoms. The maximum Gasteiger partial charge on any atom is 0.285 e. The van der Waals surface area contributed by atoms with Crippen LogP contribution in [0.15, 0.2) is 42.5 Å². The van der Waals surface area contributed by atoms with Gasteiger partial charge >= 0.3 is 0 Å². The molecule has 1 heterocycles. The van der Waals surface area contributed by atoms with Crippen LogP contribution in [0.3, 0.4) is 0 Å². The predicted octanol–water partition coefficient (Wildman–Crippen LogP) is 3.07. The molecule has 1 saturated heterocycles. The number of rotatable bonds is 4. The third-order valence-corrected chi connectivity index (χ3v) is 4.97. The second-order valence-electron chi connectivity index (χ2n) is 6.94. The Morgan fingerprint density at radius 1 is 1.07 bits per heavy atom. The quantitative estimate of drug-likeness (QED) is 0.455. The zero-order valence-corrected chi connectivity index (χ0v) is 16.4. The number of carbonyl (C=O) groups excluding carboxylic acids is 2. The lowest BCUT2D eigenvalue weighted by molar-refractivity contribution is -0.384. The van der Waals surface area contributed by atoms with E-state index in [4.69, 9.17) is 0 Å². The van der Waals surface area contributed by atoms with Crippen molar-refractivity contribution < 1.29 is 14.5 Å². The van der Waals surface area contributed by atoms with Crippen LogP contribution < -0.4 is 0 Å². The van der Waals surface area contributed by atoms with Gasteiger partial charge in [0.05, 0.1) is 16.6 Å². The molecule has 1 fully saturated rings. The van der Waals surface area contributed by atoms with Crippen LogP contribution in [0.2, 0.25) is 0 Å². The molecule has 0 N–H and O–H groups in total. The molecule has 2 aromatic rings. The molecule has 0 atom stereocenters. The van der Waals surface area contributed by atoms with Gasteiger partial charge < -0.3 is 9.80 Å². The van der Waals surface area contributed by atoms with Crippen molar-refractivity contribution in [3.63, 3.8) is 0 Å². The number of nitro groups is 1. The number of hydrogen-bond acceptors (Lipinski definition) is 4. The van der Waals surface area contributed by atoms with Gasteiger partial charge in [-0.3, -0.25) is 19.7 Å². The zero-order valence-electron chi connectivity index (χ0n) is 16.4. The number of aryl methyl sites for hydroxylation is 1. The van der Waals surface area contributed by atoms with Crippen LogP contribution >= 0.6 is 0 Å². The number of hydrogen-bond donors (Lipinski definition) is 0. The fourth-order valence-electron chi connectivity index (χ4n) is 3.32. The molecule has 0 bridgehead atoms. The first kappa shape index (κ1) is 20.3. The van der Waals surface area contributed by atoms with Gasteiger partial charge in [0.15, 0.2) is 0 Å². The van der Waals surface area contributed by atoms with Crippen molar-refractivity contribution in [1.82, 2.24) is 9.80 Å². The summed E-state index contributed by atoms with van der Waals surface area (Å²) in [4.78, 5) is 38.4. The summed E-state index contributed by atoms with van der Waals surface area (Å²) >= 11 is 0. The van der Waals surface area contributed by atoms with E-state index >= 15 is 0 Å². The number of nitro benzene ring substituents is 1. The van der Waals surface area contributed by atoms with Crippen molar-refractivity contribution in [2.75, 3.05) is 26.2 Å². The fourth-order valence-corrected chi connectivity index (χ4v) is 3.32. The molecule has 1 radical (unpaired) electrons. The molecule has 0 aliphatic carbocycles. The van der Waals surface area contributed by atoms with Crippen molar-refractivity contribution in [3.05, 3.63) is 69.8 Å². The second-order valence-corrected chi connectivity index (χ2v) is 6.94. The van der Waals surface area contributed by atoms with E-state index in [1.165, 1.54) is 19.1 Å². The number of amides is 2. The van der Waals surface area contributed by atoms with E-state index in [2.05, 4.69) is 6.07 Å². The average Bonchev–Trinajstić information content (AvgIpc) is 2.72. The predicted molar refractivity (Wildman–Crippen MR) is 110 cm³/mol. The molecule has 1 aliphatic heterocycles. The summed E-state index contributed by atoms with van der Waals surface area (Å²) in [6.45, 7) is 5.42. The van der Waals surface area contributed by atoms with Gasteiger partial charge in [0.2, 0.25) is 11.8 Å². The fraction of sp³-hybridized carbons (Fsp3) is 0.273. The molecule has 2 amide bonds. The Morgan fingerprint density at radius 2 is 1.69 bits per heavy atom. The van der Waals surface area contributed by atoms with Crippen LogP contribution in [0.25, 0.3) is 17.2 Å². The minimum Gasteiger partial charge on any atom is -0.339 e. The van der Waals surface area contributed by atoms with Crippen molar-refractivity contribution in [2.24, 2.45) is 0 Å². The van der Waals surface area contributed by atoms with E-state index in [0.717, 1.165) is 5.56 Å². The summed E-state index contributed by atoms with van der Waals surface area (Å²) in [5, 5.41) is 11.5. The highest BCUT2D eigenvalue weighted by Crippen LogP contribution is 2.33. The Balaban J connectivity index is 1.86. The summed E-state index contributed by atoms with van der Waals surface area (Å²) in [7, 11) is 0. The van der Waals surface area contributed by atoms with E-state index in [1.54, 1.807) is 21.9 Å². The SMILES string of the molecule is CC(=O)N1CCN(C(=O)/C=C/c2cc[c]c([N+](=O)[O-])c2-c2ccc(C)cc2)CC1. The Hall–Kier alpha value is -3.48. The largest absolute Gasteiger partial charge is 0.339 e. The Bertz CT molecular complexity index is 959. The molecule has 7 heteroatoms. The molecule has 0 spiro atoms. The smallest absolute Gasteiger partial charge is 0.285 e. The van der Waals surface area contributed by atoms with E-state index < -0.39 is 4.92 Å². The second kappa shape index (κ2) is 8.68. The highest BCUT2D eigenvalue weighted by atomic mass is 16.6. The molecule has 2 aromatic carbocycles. The first-order chi connectivity index (χ1) is 13.9. The lowest BCUT2D eigenvalue weighted by atomic mass is 9.96. The molecule has 0 saturated carbocycles. The maximum atomic E-state index is 12.6. The van der Waals surface area contributed by atoms with Crippen LogP contribution in [0.4, 0.5) is 5.69 Å². The topological polar surface area (TPSA) is 83.8 Å². The molecule has 3 rings (SSSR count). The first-order valence-electron chi connectivity index (χ1n) is 9.35. The van der Waals surface area contributed by atoms with Crippen LogP contribution in [-0.2, 0) is 9.59 Å². The van der Waals surface area contributed by atoms with Gasteiger partial charge in [-0.05, 0) is 30.2 Å². The van der Waals surface area contributed by atoms with Gasteiger partial charge in [0.25, 0.3) is 5.69 Å². The molecule has 0 aromatic heterocycles. The Labute approximate surface area is 169 Å². The normalized spacial score (nSPS) is 14.3. The maximum absolute atomic E-state index is 12.6. The molecular formula is C22H22N3O4. The molecule has 7 nitrogen and oxygen atoms in total. The van der Waals surface area contributed by atoms with Gasteiger partial charge in [-0.1, -0.05) is 35.9 Å². The number of piperazine rings is 1. The lowest BCUT2D eigenvalue weighted by Crippen LogP contribution is -2.49. The van der Waals surface area contributed by atoms with Crippen LogP contribution in [-0.4, -0.2) is 52.7 Å². The van der Waals surface area contributed by atoms with E-state index in [0.29, 0.717) is 42.9 Å². The minimum absolute atomic E-state index is 0.00299. The van der Waals surface area contributed by atoms with E-state index in [1.807, 2.05) is 31.2 Å².